The van der Waals surface area contributed by atoms with Crippen molar-refractivity contribution in [3.63, 3.8) is 0 Å². The Hall–Kier alpha value is -5.78. The molecule has 9 rings (SSSR count). The van der Waals surface area contributed by atoms with Crippen molar-refractivity contribution in [1.29, 1.82) is 0 Å². The topological polar surface area (TPSA) is 51.6 Å². The minimum Gasteiger partial charge on any atom is -0.245 e. The van der Waals surface area contributed by atoms with Crippen LogP contribution in [0.25, 0.3) is 87.1 Å². The van der Waals surface area contributed by atoms with Crippen LogP contribution in [0.2, 0.25) is 0 Å². The minimum atomic E-state index is 0.655. The summed E-state index contributed by atoms with van der Waals surface area (Å²) in [5, 5.41) is 7.20. The van der Waals surface area contributed by atoms with Crippen molar-refractivity contribution in [2.24, 2.45) is 0 Å². The number of thiophene rings is 1. The number of nitrogens with zero attached hydrogens (tertiary/aromatic N) is 4. The van der Waals surface area contributed by atoms with E-state index in [2.05, 4.69) is 77.8 Å². The lowest BCUT2D eigenvalue weighted by molar-refractivity contribution is 1.08. The highest BCUT2D eigenvalue weighted by Crippen LogP contribution is 2.42. The summed E-state index contributed by atoms with van der Waals surface area (Å²) in [4.78, 5) is 20.7. The van der Waals surface area contributed by atoms with Gasteiger partial charge in [0, 0.05) is 43.7 Å². The molecule has 0 aliphatic heterocycles. The zero-order valence-electron chi connectivity index (χ0n) is 24.1. The van der Waals surface area contributed by atoms with Crippen molar-refractivity contribution in [3.05, 3.63) is 146 Å². The SMILES string of the molecule is c1ccc(-c2nc(-c3ccccc3)nc(-c3ccc(-c4cccc5c4ccc4c6cccnc6sc54)c4ccccc34)n2)cc1. The molecule has 5 heteroatoms. The second-order valence-electron chi connectivity index (χ2n) is 11.0. The van der Waals surface area contributed by atoms with Crippen LogP contribution in [0.4, 0.5) is 0 Å². The van der Waals surface area contributed by atoms with Crippen LogP contribution in [-0.4, -0.2) is 19.9 Å². The fraction of sp³-hybridized carbons (Fsp3) is 0. The number of hydrogen-bond acceptors (Lipinski definition) is 5. The highest BCUT2D eigenvalue weighted by Gasteiger charge is 2.17. The second kappa shape index (κ2) is 10.4. The third-order valence-electron chi connectivity index (χ3n) is 8.43. The summed E-state index contributed by atoms with van der Waals surface area (Å²) in [6, 6.07) is 48.5. The van der Waals surface area contributed by atoms with Crippen molar-refractivity contribution in [1.82, 2.24) is 19.9 Å². The first-order chi connectivity index (χ1) is 22.3. The quantitative estimate of drug-likeness (QED) is 0.204. The van der Waals surface area contributed by atoms with Gasteiger partial charge in [-0.15, -0.1) is 11.3 Å². The molecule has 0 aliphatic carbocycles. The van der Waals surface area contributed by atoms with Gasteiger partial charge in [-0.1, -0.05) is 121 Å². The molecule has 0 N–H and O–H groups in total. The molecule has 0 radical (unpaired) electrons. The van der Waals surface area contributed by atoms with Crippen molar-refractivity contribution < 1.29 is 0 Å². The van der Waals surface area contributed by atoms with E-state index in [4.69, 9.17) is 15.0 Å². The maximum atomic E-state index is 5.03. The van der Waals surface area contributed by atoms with Crippen LogP contribution in [0.5, 0.6) is 0 Å². The van der Waals surface area contributed by atoms with Gasteiger partial charge in [0.15, 0.2) is 17.5 Å². The monoisotopic (exact) mass is 592 g/mol. The number of rotatable bonds is 4. The van der Waals surface area contributed by atoms with Crippen LogP contribution >= 0.6 is 11.3 Å². The Labute approximate surface area is 263 Å². The summed E-state index contributed by atoms with van der Waals surface area (Å²) in [6.45, 7) is 0. The van der Waals surface area contributed by atoms with Gasteiger partial charge in [0.05, 0.1) is 0 Å². The van der Waals surface area contributed by atoms with Gasteiger partial charge in [0.25, 0.3) is 0 Å². The maximum Gasteiger partial charge on any atom is 0.164 e. The molecule has 0 spiro atoms. The van der Waals surface area contributed by atoms with Crippen LogP contribution < -0.4 is 0 Å². The average Bonchev–Trinajstić information content (AvgIpc) is 3.51. The van der Waals surface area contributed by atoms with E-state index < -0.39 is 0 Å². The van der Waals surface area contributed by atoms with Crippen molar-refractivity contribution in [2.45, 2.75) is 0 Å². The zero-order valence-corrected chi connectivity index (χ0v) is 24.9. The first-order valence-electron chi connectivity index (χ1n) is 14.9. The Kier molecular flexibility index (Phi) is 5.96. The second-order valence-corrected chi connectivity index (χ2v) is 12.0. The fourth-order valence-electron chi connectivity index (χ4n) is 6.32. The lowest BCUT2D eigenvalue weighted by Gasteiger charge is -2.14. The predicted octanol–water partition coefficient (Wildman–Crippen LogP) is 10.6. The highest BCUT2D eigenvalue weighted by atomic mass is 32.1. The van der Waals surface area contributed by atoms with E-state index in [0.29, 0.717) is 17.5 Å². The first kappa shape index (κ1) is 25.7. The summed E-state index contributed by atoms with van der Waals surface area (Å²) < 4.78 is 1.27. The van der Waals surface area contributed by atoms with Gasteiger partial charge in [0.2, 0.25) is 0 Å². The van der Waals surface area contributed by atoms with Gasteiger partial charge in [-0.05, 0) is 45.5 Å². The molecule has 0 bridgehead atoms. The Morgan fingerprint density at radius 1 is 0.356 bits per heavy atom. The smallest absolute Gasteiger partial charge is 0.164 e. The molecule has 3 aromatic heterocycles. The van der Waals surface area contributed by atoms with E-state index in [1.54, 1.807) is 11.3 Å². The number of aromatic nitrogens is 4. The molecule has 0 fully saturated rings. The molecule has 0 atom stereocenters. The van der Waals surface area contributed by atoms with Crippen molar-refractivity contribution >= 4 is 53.2 Å². The molecular weight excluding hydrogens is 569 g/mol. The number of fused-ring (bicyclic) bond motifs is 6. The molecule has 6 aromatic carbocycles. The summed E-state index contributed by atoms with van der Waals surface area (Å²) in [7, 11) is 0. The zero-order chi connectivity index (χ0) is 29.7. The number of hydrogen-bond donors (Lipinski definition) is 0. The van der Waals surface area contributed by atoms with Crippen molar-refractivity contribution in [3.8, 4) is 45.3 Å². The molecule has 0 amide bonds. The van der Waals surface area contributed by atoms with E-state index in [9.17, 15) is 0 Å². The van der Waals surface area contributed by atoms with Crippen LogP contribution in [-0.2, 0) is 0 Å². The van der Waals surface area contributed by atoms with Gasteiger partial charge >= 0.3 is 0 Å². The summed E-state index contributed by atoms with van der Waals surface area (Å²) in [6.07, 6.45) is 1.87. The Bertz CT molecular complexity index is 2480. The lowest BCUT2D eigenvalue weighted by atomic mass is 9.91. The number of pyridine rings is 1. The Balaban J connectivity index is 1.26. The van der Waals surface area contributed by atoms with Gasteiger partial charge < -0.3 is 0 Å². The molecule has 3 heterocycles. The van der Waals surface area contributed by atoms with E-state index in [1.807, 2.05) is 72.9 Å². The molecule has 0 aliphatic rings. The Morgan fingerprint density at radius 2 is 0.867 bits per heavy atom. The predicted molar refractivity (Wildman–Crippen MR) is 187 cm³/mol. The largest absolute Gasteiger partial charge is 0.245 e. The van der Waals surface area contributed by atoms with Gasteiger partial charge in [0.1, 0.15) is 4.83 Å². The molecule has 9 aromatic rings. The normalized spacial score (nSPS) is 11.6. The standard InChI is InChI=1S/C40H24N4S/c1-3-11-25(12-4-1)37-42-38(26-13-5-2-6-14-26)44-39(43-37)34-23-21-30(27-15-7-8-16-29(27)34)28-17-9-18-32-31(28)20-22-33-35-19-10-24-41-40(35)45-36(32)33/h1-24H. The third-order valence-corrected chi connectivity index (χ3v) is 9.59. The maximum absolute atomic E-state index is 5.03. The van der Waals surface area contributed by atoms with Crippen LogP contribution in [0.15, 0.2) is 146 Å². The fourth-order valence-corrected chi connectivity index (χ4v) is 7.49. The van der Waals surface area contributed by atoms with E-state index >= 15 is 0 Å². The first-order valence-corrected chi connectivity index (χ1v) is 15.7. The van der Waals surface area contributed by atoms with Crippen LogP contribution in [0.3, 0.4) is 0 Å². The van der Waals surface area contributed by atoms with Gasteiger partial charge in [-0.3, -0.25) is 0 Å². The Morgan fingerprint density at radius 3 is 1.60 bits per heavy atom. The lowest BCUT2D eigenvalue weighted by Crippen LogP contribution is -2.00. The molecule has 4 nitrogen and oxygen atoms in total. The summed E-state index contributed by atoms with van der Waals surface area (Å²) in [5.41, 5.74) is 5.27. The summed E-state index contributed by atoms with van der Waals surface area (Å²) >= 11 is 1.76. The van der Waals surface area contributed by atoms with E-state index in [1.165, 1.54) is 37.4 Å². The van der Waals surface area contributed by atoms with Gasteiger partial charge in [-0.2, -0.15) is 0 Å². The van der Waals surface area contributed by atoms with Crippen LogP contribution in [0.1, 0.15) is 0 Å². The van der Waals surface area contributed by atoms with E-state index in [0.717, 1.165) is 32.3 Å². The summed E-state index contributed by atoms with van der Waals surface area (Å²) in [5.74, 6) is 1.97. The number of benzene rings is 6. The minimum absolute atomic E-state index is 0.655. The molecule has 0 saturated carbocycles. The van der Waals surface area contributed by atoms with E-state index in [-0.39, 0.29) is 0 Å². The highest BCUT2D eigenvalue weighted by molar-refractivity contribution is 7.26. The molecule has 0 saturated heterocycles. The third kappa shape index (κ3) is 4.28. The van der Waals surface area contributed by atoms with Crippen LogP contribution in [0, 0.1) is 0 Å². The molecule has 45 heavy (non-hydrogen) atoms. The molecular formula is C40H24N4S. The molecule has 210 valence electrons. The molecule has 0 unspecified atom stereocenters. The average molecular weight is 593 g/mol. The van der Waals surface area contributed by atoms with Gasteiger partial charge in [-0.25, -0.2) is 19.9 Å². The van der Waals surface area contributed by atoms with Crippen molar-refractivity contribution in [2.75, 3.05) is 0 Å².